The summed E-state index contributed by atoms with van der Waals surface area (Å²) in [6.07, 6.45) is 0. The zero-order valence-electron chi connectivity index (χ0n) is 19.5. The molecule has 0 unspecified atom stereocenters. The molecule has 0 bridgehead atoms. The van der Waals surface area contributed by atoms with E-state index in [1.807, 2.05) is 30.3 Å². The third-order valence-electron chi connectivity index (χ3n) is 5.50. The van der Waals surface area contributed by atoms with Gasteiger partial charge in [-0.05, 0) is 47.4 Å². The lowest BCUT2D eigenvalue weighted by atomic mass is 10.0. The number of anilines is 1. The highest BCUT2D eigenvalue weighted by atomic mass is 19.1. The normalized spacial score (nSPS) is 13.7. The van der Waals surface area contributed by atoms with Crippen molar-refractivity contribution in [3.05, 3.63) is 102 Å². The first-order chi connectivity index (χ1) is 16.3. The van der Waals surface area contributed by atoms with Crippen LogP contribution in [-0.2, 0) is 16.1 Å². The lowest BCUT2D eigenvalue weighted by Crippen LogP contribution is -2.34. The van der Waals surface area contributed by atoms with Crippen LogP contribution in [-0.4, -0.2) is 30.4 Å². The van der Waals surface area contributed by atoms with E-state index in [-0.39, 0.29) is 17.0 Å². The maximum atomic E-state index is 13.9. The van der Waals surface area contributed by atoms with E-state index in [2.05, 4.69) is 13.8 Å². The third-order valence-corrected chi connectivity index (χ3v) is 5.50. The van der Waals surface area contributed by atoms with Gasteiger partial charge in [-0.2, -0.15) is 0 Å². The van der Waals surface area contributed by atoms with E-state index in [0.717, 1.165) is 10.5 Å². The first-order valence-electron chi connectivity index (χ1n) is 11.2. The van der Waals surface area contributed by atoms with Crippen LogP contribution in [0.3, 0.4) is 0 Å². The number of hydrogen-bond acceptors (Lipinski definition) is 4. The predicted molar refractivity (Wildman–Crippen MR) is 130 cm³/mol. The van der Waals surface area contributed by atoms with E-state index in [0.29, 0.717) is 30.4 Å². The number of amides is 2. The van der Waals surface area contributed by atoms with Gasteiger partial charge >= 0.3 is 0 Å². The highest BCUT2D eigenvalue weighted by Crippen LogP contribution is 2.35. The van der Waals surface area contributed by atoms with Crippen LogP contribution < -0.4 is 9.64 Å². The van der Waals surface area contributed by atoms with E-state index in [9.17, 15) is 14.0 Å². The van der Waals surface area contributed by atoms with Crippen molar-refractivity contribution in [2.45, 2.75) is 20.4 Å². The van der Waals surface area contributed by atoms with Crippen LogP contribution >= 0.6 is 0 Å². The van der Waals surface area contributed by atoms with Crippen LogP contribution in [0.4, 0.5) is 10.1 Å². The average Bonchev–Trinajstić information content (AvgIpc) is 3.08. The fourth-order valence-corrected chi connectivity index (χ4v) is 3.90. The van der Waals surface area contributed by atoms with Crippen LogP contribution in [0.15, 0.2) is 84.6 Å². The number of benzene rings is 3. The van der Waals surface area contributed by atoms with Crippen LogP contribution in [0.5, 0.6) is 5.75 Å². The Morgan fingerprint density at radius 3 is 2.26 bits per heavy atom. The highest BCUT2D eigenvalue weighted by Gasteiger charge is 2.41. The van der Waals surface area contributed by atoms with E-state index in [1.165, 1.54) is 18.2 Å². The highest BCUT2D eigenvalue weighted by molar-refractivity contribution is 6.45. The number of carbonyl (C=O) groups is 2. The van der Waals surface area contributed by atoms with E-state index in [4.69, 9.17) is 4.74 Å². The summed E-state index contributed by atoms with van der Waals surface area (Å²) in [4.78, 5) is 29.9. The molecule has 0 aliphatic carbocycles. The molecule has 174 valence electrons. The second-order valence-electron chi connectivity index (χ2n) is 8.72. The topological polar surface area (TPSA) is 49.9 Å². The summed E-state index contributed by atoms with van der Waals surface area (Å²) in [5.41, 5.74) is 2.35. The van der Waals surface area contributed by atoms with E-state index in [1.54, 1.807) is 42.3 Å². The van der Waals surface area contributed by atoms with Gasteiger partial charge in [-0.1, -0.05) is 62.4 Å². The number of likely N-dealkylation sites (N-methyl/N-ethyl adjacent to an activating group) is 1. The monoisotopic (exact) mass is 458 g/mol. The first-order valence-corrected chi connectivity index (χ1v) is 11.2. The van der Waals surface area contributed by atoms with Crippen molar-refractivity contribution >= 4 is 23.1 Å². The van der Waals surface area contributed by atoms with Crippen LogP contribution in [0.1, 0.15) is 25.0 Å². The van der Waals surface area contributed by atoms with Crippen molar-refractivity contribution in [2.75, 3.05) is 18.6 Å². The van der Waals surface area contributed by atoms with E-state index < -0.39 is 17.6 Å². The molecule has 5 nitrogen and oxygen atoms in total. The standard InChI is InChI=1S/C28H27FN2O3/c1-19(2)18-34-24-14-12-21(13-15-24)25-26(30(3)17-20-8-5-4-6-9-20)28(33)31(27(25)32)23-11-7-10-22(29)16-23/h4-16,19H,17-18H2,1-3H3. The van der Waals surface area contributed by atoms with Gasteiger partial charge in [-0.3, -0.25) is 9.59 Å². The van der Waals surface area contributed by atoms with Gasteiger partial charge in [0.15, 0.2) is 0 Å². The van der Waals surface area contributed by atoms with Crippen LogP contribution in [0.25, 0.3) is 5.57 Å². The molecule has 0 spiro atoms. The fourth-order valence-electron chi connectivity index (χ4n) is 3.90. The average molecular weight is 459 g/mol. The molecule has 0 atom stereocenters. The molecule has 0 fully saturated rings. The third kappa shape index (κ3) is 4.86. The molecule has 2 amide bonds. The number of imide groups is 1. The number of hydrogen-bond donors (Lipinski definition) is 0. The summed E-state index contributed by atoms with van der Waals surface area (Å²) < 4.78 is 19.7. The van der Waals surface area contributed by atoms with Gasteiger partial charge in [0.1, 0.15) is 17.3 Å². The largest absolute Gasteiger partial charge is 0.493 e. The Balaban J connectivity index is 1.73. The predicted octanol–water partition coefficient (Wildman–Crippen LogP) is 5.28. The summed E-state index contributed by atoms with van der Waals surface area (Å²) in [6, 6.07) is 22.4. The van der Waals surface area contributed by atoms with Crippen molar-refractivity contribution in [2.24, 2.45) is 5.92 Å². The van der Waals surface area contributed by atoms with Crippen molar-refractivity contribution in [1.82, 2.24) is 4.90 Å². The summed E-state index contributed by atoms with van der Waals surface area (Å²) in [5.74, 6) is -0.409. The molecule has 0 saturated carbocycles. The molecule has 3 aromatic carbocycles. The molecule has 0 aromatic heterocycles. The minimum Gasteiger partial charge on any atom is -0.493 e. The molecular weight excluding hydrogens is 431 g/mol. The number of ether oxygens (including phenoxy) is 1. The quantitative estimate of drug-likeness (QED) is 0.431. The van der Waals surface area contributed by atoms with Gasteiger partial charge in [0.25, 0.3) is 11.8 Å². The lowest BCUT2D eigenvalue weighted by Gasteiger charge is -2.21. The van der Waals surface area contributed by atoms with Crippen LogP contribution in [0, 0.1) is 11.7 Å². The van der Waals surface area contributed by atoms with Gasteiger partial charge in [-0.15, -0.1) is 0 Å². The van der Waals surface area contributed by atoms with Gasteiger partial charge in [0.05, 0.1) is 17.9 Å². The summed E-state index contributed by atoms with van der Waals surface area (Å²) in [5, 5.41) is 0. The SMILES string of the molecule is CC(C)COc1ccc(C2=C(N(C)Cc3ccccc3)C(=O)N(c3cccc(F)c3)C2=O)cc1. The number of rotatable bonds is 8. The number of halogens is 1. The van der Waals surface area contributed by atoms with Crippen LogP contribution in [0.2, 0.25) is 0 Å². The van der Waals surface area contributed by atoms with Gasteiger partial charge < -0.3 is 9.64 Å². The Morgan fingerprint density at radius 2 is 1.62 bits per heavy atom. The summed E-state index contributed by atoms with van der Waals surface area (Å²) >= 11 is 0. The fraction of sp³-hybridized carbons (Fsp3) is 0.214. The first kappa shape index (κ1) is 23.2. The maximum absolute atomic E-state index is 13.9. The Hall–Kier alpha value is -3.93. The van der Waals surface area contributed by atoms with Crippen molar-refractivity contribution in [1.29, 1.82) is 0 Å². The second-order valence-corrected chi connectivity index (χ2v) is 8.72. The van der Waals surface area contributed by atoms with E-state index >= 15 is 0 Å². The molecule has 0 radical (unpaired) electrons. The molecule has 6 heteroatoms. The zero-order chi connectivity index (χ0) is 24.2. The summed E-state index contributed by atoms with van der Waals surface area (Å²) in [6.45, 7) is 5.15. The Labute approximate surface area is 199 Å². The molecular formula is C28H27FN2O3. The molecule has 3 aromatic rings. The number of nitrogens with zero attached hydrogens (tertiary/aromatic N) is 2. The van der Waals surface area contributed by atoms with Crippen molar-refractivity contribution in [3.63, 3.8) is 0 Å². The van der Waals surface area contributed by atoms with Crippen molar-refractivity contribution < 1.29 is 18.7 Å². The number of carbonyl (C=O) groups excluding carboxylic acids is 2. The zero-order valence-corrected chi connectivity index (χ0v) is 19.5. The molecule has 4 rings (SSSR count). The molecule has 0 N–H and O–H groups in total. The Bertz CT molecular complexity index is 1220. The Kier molecular flexibility index (Phi) is 6.77. The Morgan fingerprint density at radius 1 is 0.912 bits per heavy atom. The van der Waals surface area contributed by atoms with Gasteiger partial charge in [-0.25, -0.2) is 9.29 Å². The van der Waals surface area contributed by atoms with Gasteiger partial charge in [0, 0.05) is 13.6 Å². The molecule has 34 heavy (non-hydrogen) atoms. The minimum absolute atomic E-state index is 0.201. The maximum Gasteiger partial charge on any atom is 0.282 e. The summed E-state index contributed by atoms with van der Waals surface area (Å²) in [7, 11) is 1.78. The second kappa shape index (κ2) is 9.91. The smallest absolute Gasteiger partial charge is 0.282 e. The molecule has 1 heterocycles. The molecule has 1 aliphatic rings. The lowest BCUT2D eigenvalue weighted by molar-refractivity contribution is -0.120. The minimum atomic E-state index is -0.516. The van der Waals surface area contributed by atoms with Gasteiger partial charge in [0.2, 0.25) is 0 Å². The molecule has 1 aliphatic heterocycles. The molecule has 0 saturated heterocycles. The van der Waals surface area contributed by atoms with Crippen molar-refractivity contribution in [3.8, 4) is 5.75 Å².